The third kappa shape index (κ3) is 6.95. The maximum absolute atomic E-state index is 13.8. The third-order valence-corrected chi connectivity index (χ3v) is 8.66. The fourth-order valence-electron chi connectivity index (χ4n) is 5.69. The van der Waals surface area contributed by atoms with Gasteiger partial charge in [0.05, 0.1) is 13.2 Å². The number of carbonyl (C=O) groups excluding carboxylic acids is 4. The number of fused-ring (bicyclic) bond motifs is 1. The number of methoxy groups -OCH3 is 1. The van der Waals surface area contributed by atoms with E-state index in [4.69, 9.17) is 13.6 Å². The first-order valence-electron chi connectivity index (χ1n) is 16.1. The number of oxazole rings is 1. The highest BCUT2D eigenvalue weighted by Crippen LogP contribution is 2.32. The maximum Gasteiger partial charge on any atom is 0.286 e. The molecule has 0 spiro atoms. The Morgan fingerprint density at radius 2 is 1.58 bits per heavy atom. The van der Waals surface area contributed by atoms with Crippen LogP contribution in [0.2, 0.25) is 0 Å². The molecule has 3 heterocycles. The SMILES string of the molecule is COc1ccc(C(=O)N[C@H](C(=O)N2CCC[C@H]2C(=O)N[C@@H](C(=O)c2nnc(C(C)(C)c3nc4ccccc4o3)o2)C(C)C)C(C)C)cc1. The second-order valence-corrected chi connectivity index (χ2v) is 13.2. The Hall–Kier alpha value is -5.07. The van der Waals surface area contributed by atoms with E-state index in [9.17, 15) is 19.2 Å². The largest absolute Gasteiger partial charge is 0.497 e. The summed E-state index contributed by atoms with van der Waals surface area (Å²) in [5.74, 6) is -1.53. The summed E-state index contributed by atoms with van der Waals surface area (Å²) in [4.78, 5) is 60.3. The van der Waals surface area contributed by atoms with Crippen LogP contribution in [0.5, 0.6) is 5.75 Å². The quantitative estimate of drug-likeness (QED) is 0.209. The molecule has 0 unspecified atom stereocenters. The van der Waals surface area contributed by atoms with Gasteiger partial charge in [-0.2, -0.15) is 0 Å². The summed E-state index contributed by atoms with van der Waals surface area (Å²) in [5.41, 5.74) is 0.724. The molecule has 2 N–H and O–H groups in total. The lowest BCUT2D eigenvalue weighted by Gasteiger charge is -2.31. The molecule has 2 aromatic carbocycles. The van der Waals surface area contributed by atoms with Crippen molar-refractivity contribution in [2.75, 3.05) is 13.7 Å². The van der Waals surface area contributed by atoms with Crippen molar-refractivity contribution in [1.29, 1.82) is 0 Å². The van der Waals surface area contributed by atoms with Gasteiger partial charge in [-0.15, -0.1) is 10.2 Å². The zero-order valence-corrected chi connectivity index (χ0v) is 28.3. The van der Waals surface area contributed by atoms with Crippen LogP contribution in [0.15, 0.2) is 57.4 Å². The number of hydrogen-bond donors (Lipinski definition) is 2. The summed E-state index contributed by atoms with van der Waals surface area (Å²) in [6.45, 7) is 11.2. The predicted octanol–water partition coefficient (Wildman–Crippen LogP) is 4.31. The van der Waals surface area contributed by atoms with Gasteiger partial charge in [0.1, 0.15) is 28.8 Å². The van der Waals surface area contributed by atoms with E-state index in [1.807, 2.05) is 32.0 Å². The van der Waals surface area contributed by atoms with Gasteiger partial charge in [-0.05, 0) is 74.9 Å². The fraction of sp³-hybridized carbons (Fsp3) is 0.457. The Labute approximate surface area is 278 Å². The van der Waals surface area contributed by atoms with E-state index >= 15 is 0 Å². The molecule has 0 saturated carbocycles. The van der Waals surface area contributed by atoms with Gasteiger partial charge in [-0.3, -0.25) is 19.2 Å². The molecule has 1 fully saturated rings. The second-order valence-electron chi connectivity index (χ2n) is 13.2. The van der Waals surface area contributed by atoms with E-state index in [-0.39, 0.29) is 29.5 Å². The number of para-hydroxylation sites is 2. The highest BCUT2D eigenvalue weighted by molar-refractivity contribution is 6.01. The zero-order chi connectivity index (χ0) is 34.7. The minimum Gasteiger partial charge on any atom is -0.497 e. The van der Waals surface area contributed by atoms with Gasteiger partial charge in [0, 0.05) is 12.1 Å². The van der Waals surface area contributed by atoms with E-state index in [2.05, 4.69) is 25.8 Å². The Kier molecular flexibility index (Phi) is 9.97. The normalized spacial score (nSPS) is 16.3. The number of likely N-dealkylation sites (tertiary alicyclic amines) is 1. The molecule has 48 heavy (non-hydrogen) atoms. The lowest BCUT2D eigenvalue weighted by atomic mass is 9.93. The first kappa shape index (κ1) is 34.3. The smallest absolute Gasteiger partial charge is 0.286 e. The number of rotatable bonds is 12. The van der Waals surface area contributed by atoms with E-state index in [0.29, 0.717) is 47.7 Å². The number of nitrogens with one attached hydrogen (secondary N) is 2. The van der Waals surface area contributed by atoms with Crippen molar-refractivity contribution in [3.8, 4) is 5.75 Å². The number of ether oxygens (including phenoxy) is 1. The molecule has 13 heteroatoms. The van der Waals surface area contributed by atoms with E-state index in [1.54, 1.807) is 58.0 Å². The van der Waals surface area contributed by atoms with Crippen LogP contribution in [0.3, 0.4) is 0 Å². The van der Waals surface area contributed by atoms with Crippen molar-refractivity contribution < 1.29 is 32.7 Å². The van der Waals surface area contributed by atoms with Gasteiger partial charge < -0.3 is 29.1 Å². The number of amides is 3. The zero-order valence-electron chi connectivity index (χ0n) is 28.3. The lowest BCUT2D eigenvalue weighted by molar-refractivity contribution is -0.140. The highest BCUT2D eigenvalue weighted by atomic mass is 16.5. The van der Waals surface area contributed by atoms with Gasteiger partial charge in [0.25, 0.3) is 11.8 Å². The van der Waals surface area contributed by atoms with Crippen LogP contribution >= 0.6 is 0 Å². The van der Waals surface area contributed by atoms with Crippen LogP contribution in [0, 0.1) is 11.8 Å². The van der Waals surface area contributed by atoms with E-state index in [1.165, 1.54) is 12.0 Å². The van der Waals surface area contributed by atoms with Gasteiger partial charge in [-0.1, -0.05) is 39.8 Å². The fourth-order valence-corrected chi connectivity index (χ4v) is 5.69. The minimum absolute atomic E-state index is 0.134. The predicted molar refractivity (Wildman–Crippen MR) is 175 cm³/mol. The topological polar surface area (TPSA) is 170 Å². The first-order chi connectivity index (χ1) is 22.8. The molecule has 13 nitrogen and oxygen atoms in total. The molecule has 0 bridgehead atoms. The Bertz CT molecular complexity index is 1760. The Morgan fingerprint density at radius 1 is 0.896 bits per heavy atom. The summed E-state index contributed by atoms with van der Waals surface area (Å²) in [5, 5.41) is 13.8. The van der Waals surface area contributed by atoms with Crippen molar-refractivity contribution in [2.45, 2.75) is 77.9 Å². The summed E-state index contributed by atoms with van der Waals surface area (Å²) in [6.07, 6.45) is 1.01. The molecule has 5 rings (SSSR count). The Morgan fingerprint density at radius 3 is 2.23 bits per heavy atom. The highest BCUT2D eigenvalue weighted by Gasteiger charge is 2.41. The molecule has 0 aliphatic carbocycles. The van der Waals surface area contributed by atoms with E-state index in [0.717, 1.165) is 0 Å². The molecule has 3 amide bonds. The molecule has 254 valence electrons. The molecule has 3 atom stereocenters. The molecule has 1 aliphatic heterocycles. The molecular weight excluding hydrogens is 616 g/mol. The number of benzene rings is 2. The van der Waals surface area contributed by atoms with Crippen molar-refractivity contribution in [3.05, 3.63) is 71.8 Å². The van der Waals surface area contributed by atoms with Gasteiger partial charge in [0.15, 0.2) is 5.58 Å². The molecule has 4 aromatic rings. The van der Waals surface area contributed by atoms with Crippen LogP contribution in [0.4, 0.5) is 0 Å². The summed E-state index contributed by atoms with van der Waals surface area (Å²) in [7, 11) is 1.54. The molecular formula is C35H42N6O7. The Balaban J connectivity index is 1.28. The summed E-state index contributed by atoms with van der Waals surface area (Å²) >= 11 is 0. The number of carbonyl (C=O) groups is 4. The van der Waals surface area contributed by atoms with Crippen molar-refractivity contribution in [1.82, 2.24) is 30.7 Å². The average molecular weight is 659 g/mol. The van der Waals surface area contributed by atoms with Crippen LogP contribution in [0.1, 0.15) is 87.2 Å². The lowest BCUT2D eigenvalue weighted by Crippen LogP contribution is -2.57. The number of hydrogen-bond acceptors (Lipinski definition) is 10. The van der Waals surface area contributed by atoms with Gasteiger partial charge in [-0.25, -0.2) is 4.98 Å². The second kappa shape index (κ2) is 14.0. The number of Topliss-reactive ketones (excluding diaryl/α,β-unsaturated/α-hetero) is 1. The van der Waals surface area contributed by atoms with E-state index < -0.39 is 41.1 Å². The summed E-state index contributed by atoms with van der Waals surface area (Å²) in [6, 6.07) is 11.2. The average Bonchev–Trinajstić information content (AvgIpc) is 3.85. The molecule has 1 aliphatic rings. The first-order valence-corrected chi connectivity index (χ1v) is 16.1. The van der Waals surface area contributed by atoms with Crippen LogP contribution in [-0.4, -0.2) is 75.4 Å². The maximum atomic E-state index is 13.8. The van der Waals surface area contributed by atoms with Gasteiger partial charge >= 0.3 is 0 Å². The molecule has 2 aromatic heterocycles. The van der Waals surface area contributed by atoms with Crippen molar-refractivity contribution in [3.63, 3.8) is 0 Å². The van der Waals surface area contributed by atoms with Gasteiger partial charge in [0.2, 0.25) is 29.4 Å². The standard InChI is InChI=1S/C35H42N6O7/c1-19(2)26(28(42)31-39-40-34(48-31)35(5,6)33-36-23-11-8-9-13-25(23)47-33)37-30(44)24-12-10-18-41(24)32(45)27(20(3)4)38-29(43)21-14-16-22(46-7)17-15-21/h8-9,11,13-17,19-20,24,26-27H,10,12,18H2,1-7H3,(H,37,44)(H,38,43)/t24-,26+,27-/m0/s1. The third-order valence-electron chi connectivity index (χ3n) is 8.66. The minimum atomic E-state index is -0.994. The molecule has 0 radical (unpaired) electrons. The van der Waals surface area contributed by atoms with Crippen LogP contribution in [0.25, 0.3) is 11.1 Å². The number of nitrogens with zero attached hydrogens (tertiary/aromatic N) is 4. The molecule has 1 saturated heterocycles. The van der Waals surface area contributed by atoms with Crippen LogP contribution < -0.4 is 15.4 Å². The van der Waals surface area contributed by atoms with Crippen molar-refractivity contribution in [2.24, 2.45) is 11.8 Å². The summed E-state index contributed by atoms with van der Waals surface area (Å²) < 4.78 is 17.0. The number of aromatic nitrogens is 3. The van der Waals surface area contributed by atoms with Crippen molar-refractivity contribution >= 4 is 34.6 Å². The van der Waals surface area contributed by atoms with Crippen LogP contribution in [-0.2, 0) is 15.0 Å². The number of ketones is 1. The monoisotopic (exact) mass is 658 g/mol.